The lowest BCUT2D eigenvalue weighted by Gasteiger charge is -2.31. The number of carbonyl (C=O) groups is 2. The first-order valence-electron chi connectivity index (χ1n) is 8.01. The molecule has 0 spiro atoms. The molecule has 1 atom stereocenters. The van der Waals surface area contributed by atoms with Gasteiger partial charge in [0.1, 0.15) is 5.60 Å². The van der Waals surface area contributed by atoms with Crippen LogP contribution in [0.25, 0.3) is 0 Å². The van der Waals surface area contributed by atoms with E-state index < -0.39 is 5.60 Å². The molecule has 128 valence electrons. The Balaban J connectivity index is 1.90. The van der Waals surface area contributed by atoms with Crippen LogP contribution in [0.5, 0.6) is 0 Å². The predicted octanol–water partition coefficient (Wildman–Crippen LogP) is 3.15. The summed E-state index contributed by atoms with van der Waals surface area (Å²) in [6, 6.07) is 2.01. The molecule has 0 saturated carbocycles. The molecular weight excluding hydrogens is 312 g/mol. The maximum atomic E-state index is 12.3. The highest BCUT2D eigenvalue weighted by Crippen LogP contribution is 2.21. The van der Waals surface area contributed by atoms with Gasteiger partial charge in [-0.15, -0.1) is 0 Å². The molecular formula is C17H26N2O3S. The summed E-state index contributed by atoms with van der Waals surface area (Å²) >= 11 is 1.60. The van der Waals surface area contributed by atoms with E-state index >= 15 is 0 Å². The van der Waals surface area contributed by atoms with Crippen LogP contribution in [-0.2, 0) is 16.0 Å². The number of nitrogens with zero attached hydrogens (tertiary/aromatic N) is 2. The van der Waals surface area contributed by atoms with Crippen molar-refractivity contribution in [1.29, 1.82) is 0 Å². The SMILES string of the molecule is CN(C[C@H]1CCCN1C(=O)OC(C)(C)C)C(=O)Cc1ccsc1. The van der Waals surface area contributed by atoms with Crippen molar-refractivity contribution in [3.63, 3.8) is 0 Å². The summed E-state index contributed by atoms with van der Waals surface area (Å²) in [6.45, 7) is 6.86. The topological polar surface area (TPSA) is 49.9 Å². The summed E-state index contributed by atoms with van der Waals surface area (Å²) < 4.78 is 5.46. The van der Waals surface area contributed by atoms with Crippen LogP contribution in [0.4, 0.5) is 4.79 Å². The number of likely N-dealkylation sites (tertiary alicyclic amines) is 1. The zero-order chi connectivity index (χ0) is 17.0. The van der Waals surface area contributed by atoms with Gasteiger partial charge in [-0.1, -0.05) is 0 Å². The number of ether oxygens (including phenoxy) is 1. The number of thiophene rings is 1. The van der Waals surface area contributed by atoms with Crippen molar-refractivity contribution in [2.75, 3.05) is 20.1 Å². The van der Waals surface area contributed by atoms with Gasteiger partial charge in [0, 0.05) is 20.1 Å². The number of amides is 2. The van der Waals surface area contributed by atoms with Gasteiger partial charge in [0.15, 0.2) is 0 Å². The fourth-order valence-electron chi connectivity index (χ4n) is 2.71. The molecule has 2 rings (SSSR count). The van der Waals surface area contributed by atoms with Gasteiger partial charge in [-0.25, -0.2) is 4.79 Å². The first-order valence-corrected chi connectivity index (χ1v) is 8.95. The number of hydrogen-bond acceptors (Lipinski definition) is 4. The molecule has 1 saturated heterocycles. The van der Waals surface area contributed by atoms with Gasteiger partial charge in [-0.05, 0) is 56.0 Å². The Morgan fingerprint density at radius 2 is 2.17 bits per heavy atom. The second-order valence-electron chi connectivity index (χ2n) is 7.05. The molecule has 1 fully saturated rings. The van der Waals surface area contributed by atoms with Crippen LogP contribution in [0.2, 0.25) is 0 Å². The standard InChI is InChI=1S/C17H26N2O3S/c1-17(2,3)22-16(21)19-8-5-6-14(19)11-18(4)15(20)10-13-7-9-23-12-13/h7,9,12,14H,5-6,8,10-11H2,1-4H3/t14-/m1/s1. The van der Waals surface area contributed by atoms with Crippen LogP contribution >= 0.6 is 11.3 Å². The average molecular weight is 338 g/mol. The van der Waals surface area contributed by atoms with Crippen molar-refractivity contribution in [3.8, 4) is 0 Å². The molecule has 0 aliphatic carbocycles. The van der Waals surface area contributed by atoms with Gasteiger partial charge in [0.25, 0.3) is 0 Å². The molecule has 2 amide bonds. The lowest BCUT2D eigenvalue weighted by molar-refractivity contribution is -0.129. The van der Waals surface area contributed by atoms with Crippen molar-refractivity contribution in [1.82, 2.24) is 9.80 Å². The molecule has 1 aromatic rings. The van der Waals surface area contributed by atoms with Crippen molar-refractivity contribution in [3.05, 3.63) is 22.4 Å². The molecule has 0 radical (unpaired) electrons. The van der Waals surface area contributed by atoms with Crippen LogP contribution in [-0.4, -0.2) is 53.6 Å². The summed E-state index contributed by atoms with van der Waals surface area (Å²) in [5.74, 6) is 0.0828. The third-order valence-electron chi connectivity index (χ3n) is 3.85. The molecule has 1 aliphatic heterocycles. The fraction of sp³-hybridized carbons (Fsp3) is 0.647. The van der Waals surface area contributed by atoms with Crippen molar-refractivity contribution in [2.24, 2.45) is 0 Å². The largest absolute Gasteiger partial charge is 0.444 e. The van der Waals surface area contributed by atoms with Gasteiger partial charge in [0.2, 0.25) is 5.91 Å². The molecule has 0 bridgehead atoms. The molecule has 6 heteroatoms. The van der Waals surface area contributed by atoms with E-state index in [1.54, 1.807) is 28.2 Å². The monoisotopic (exact) mass is 338 g/mol. The van der Waals surface area contributed by atoms with E-state index in [4.69, 9.17) is 4.74 Å². The van der Waals surface area contributed by atoms with E-state index in [2.05, 4.69) is 0 Å². The Hall–Kier alpha value is -1.56. The van der Waals surface area contributed by atoms with E-state index in [1.807, 2.05) is 37.6 Å². The minimum Gasteiger partial charge on any atom is -0.444 e. The predicted molar refractivity (Wildman–Crippen MR) is 91.6 cm³/mol. The highest BCUT2D eigenvalue weighted by molar-refractivity contribution is 7.07. The Bertz CT molecular complexity index is 537. The van der Waals surface area contributed by atoms with Gasteiger partial charge in [-0.3, -0.25) is 4.79 Å². The zero-order valence-corrected chi connectivity index (χ0v) is 15.2. The summed E-state index contributed by atoms with van der Waals surface area (Å²) in [5, 5.41) is 3.97. The first-order chi connectivity index (χ1) is 10.8. The van der Waals surface area contributed by atoms with Crippen LogP contribution in [0, 0.1) is 0 Å². The molecule has 1 aromatic heterocycles. The second-order valence-corrected chi connectivity index (χ2v) is 7.83. The van der Waals surface area contributed by atoms with Gasteiger partial charge in [-0.2, -0.15) is 11.3 Å². The van der Waals surface area contributed by atoms with E-state index in [1.165, 1.54) is 0 Å². The minimum absolute atomic E-state index is 0.0428. The Kier molecular flexibility index (Phi) is 5.68. The fourth-order valence-corrected chi connectivity index (χ4v) is 3.38. The molecule has 0 aromatic carbocycles. The van der Waals surface area contributed by atoms with Gasteiger partial charge < -0.3 is 14.5 Å². The van der Waals surface area contributed by atoms with Crippen molar-refractivity contribution in [2.45, 2.75) is 51.7 Å². The van der Waals surface area contributed by atoms with Crippen molar-refractivity contribution >= 4 is 23.3 Å². The van der Waals surface area contributed by atoms with Gasteiger partial charge in [0.05, 0.1) is 12.5 Å². The molecule has 23 heavy (non-hydrogen) atoms. The van der Waals surface area contributed by atoms with E-state index in [-0.39, 0.29) is 18.0 Å². The van der Waals surface area contributed by atoms with Crippen LogP contribution in [0.15, 0.2) is 16.8 Å². The molecule has 2 heterocycles. The van der Waals surface area contributed by atoms with Crippen LogP contribution in [0.1, 0.15) is 39.2 Å². The third-order valence-corrected chi connectivity index (χ3v) is 4.58. The van der Waals surface area contributed by atoms with E-state index in [9.17, 15) is 9.59 Å². The smallest absolute Gasteiger partial charge is 0.410 e. The lowest BCUT2D eigenvalue weighted by atomic mass is 10.2. The molecule has 5 nitrogen and oxygen atoms in total. The number of carbonyl (C=O) groups excluding carboxylic acids is 2. The lowest BCUT2D eigenvalue weighted by Crippen LogP contribution is -2.45. The maximum absolute atomic E-state index is 12.3. The first kappa shape index (κ1) is 17.8. The highest BCUT2D eigenvalue weighted by atomic mass is 32.1. The van der Waals surface area contributed by atoms with Crippen molar-refractivity contribution < 1.29 is 14.3 Å². The summed E-state index contributed by atoms with van der Waals surface area (Å²) in [7, 11) is 1.81. The Labute approximate surface area is 142 Å². The van der Waals surface area contributed by atoms with Crippen LogP contribution in [0.3, 0.4) is 0 Å². The molecule has 1 aliphatic rings. The summed E-state index contributed by atoms with van der Waals surface area (Å²) in [5.41, 5.74) is 0.549. The quantitative estimate of drug-likeness (QED) is 0.847. The normalized spacial score (nSPS) is 18.1. The summed E-state index contributed by atoms with van der Waals surface area (Å²) in [4.78, 5) is 28.1. The average Bonchev–Trinajstić information content (AvgIpc) is 3.07. The molecule has 0 N–H and O–H groups in total. The van der Waals surface area contributed by atoms with E-state index in [0.717, 1.165) is 18.4 Å². The third kappa shape index (κ3) is 5.23. The molecule has 0 unspecified atom stereocenters. The Morgan fingerprint density at radius 1 is 1.43 bits per heavy atom. The Morgan fingerprint density at radius 3 is 2.78 bits per heavy atom. The minimum atomic E-state index is -0.495. The van der Waals surface area contributed by atoms with E-state index in [0.29, 0.717) is 19.5 Å². The summed E-state index contributed by atoms with van der Waals surface area (Å²) in [6.07, 6.45) is 2.00. The second kappa shape index (κ2) is 7.34. The van der Waals surface area contributed by atoms with Crippen LogP contribution < -0.4 is 0 Å². The number of likely N-dealkylation sites (N-methyl/N-ethyl adjacent to an activating group) is 1. The zero-order valence-electron chi connectivity index (χ0n) is 14.4. The highest BCUT2D eigenvalue weighted by Gasteiger charge is 2.33. The number of hydrogen-bond donors (Lipinski definition) is 0. The van der Waals surface area contributed by atoms with Gasteiger partial charge >= 0.3 is 6.09 Å². The maximum Gasteiger partial charge on any atom is 0.410 e. The number of rotatable bonds is 4.